The first-order valence-corrected chi connectivity index (χ1v) is 7.19. The van der Waals surface area contributed by atoms with E-state index in [1.807, 2.05) is 6.92 Å². The summed E-state index contributed by atoms with van der Waals surface area (Å²) >= 11 is 11.9. The molecule has 1 aromatic carbocycles. The summed E-state index contributed by atoms with van der Waals surface area (Å²) in [6.07, 6.45) is 0.607. The lowest BCUT2D eigenvalue weighted by Crippen LogP contribution is -2.44. The Labute approximate surface area is 123 Å². The van der Waals surface area contributed by atoms with E-state index in [9.17, 15) is 5.11 Å². The first-order chi connectivity index (χ1) is 9.09. The Morgan fingerprint density at radius 1 is 1.32 bits per heavy atom. The summed E-state index contributed by atoms with van der Waals surface area (Å²) in [6, 6.07) is 5.18. The zero-order valence-corrected chi connectivity index (χ0v) is 12.4. The summed E-state index contributed by atoms with van der Waals surface area (Å²) in [5, 5.41) is 11.6. The Hall–Kier alpha value is -0.320. The smallest absolute Gasteiger partial charge is 0.108 e. The molecule has 1 aliphatic heterocycles. The van der Waals surface area contributed by atoms with Crippen LogP contribution in [-0.2, 0) is 9.47 Å². The van der Waals surface area contributed by atoms with Gasteiger partial charge in [-0.1, -0.05) is 29.3 Å². The largest absolute Gasteiger partial charge is 0.385 e. The van der Waals surface area contributed by atoms with Crippen LogP contribution in [0.3, 0.4) is 0 Å². The predicted octanol–water partition coefficient (Wildman–Crippen LogP) is 3.61. The van der Waals surface area contributed by atoms with Crippen molar-refractivity contribution in [1.82, 2.24) is 0 Å². The van der Waals surface area contributed by atoms with Crippen LogP contribution >= 0.6 is 23.2 Å². The van der Waals surface area contributed by atoms with Crippen LogP contribution in [0.4, 0.5) is 0 Å². The van der Waals surface area contributed by atoms with Crippen LogP contribution in [0.1, 0.15) is 31.4 Å². The molecule has 0 bridgehead atoms. The number of benzene rings is 1. The van der Waals surface area contributed by atoms with Crippen LogP contribution in [-0.4, -0.2) is 30.5 Å². The Kier molecular flexibility index (Phi) is 5.09. The average Bonchev–Trinajstić information content (AvgIpc) is 2.42. The van der Waals surface area contributed by atoms with E-state index >= 15 is 0 Å². The SMILES string of the molecule is CCOC1(C(O)c2ccc(Cl)c(Cl)c2)CCOCC1. The van der Waals surface area contributed by atoms with Crippen LogP contribution < -0.4 is 0 Å². The lowest BCUT2D eigenvalue weighted by atomic mass is 9.84. The Bertz CT molecular complexity index is 425. The second-order valence-corrected chi connectivity index (χ2v) is 5.50. The van der Waals surface area contributed by atoms with Gasteiger partial charge in [-0.15, -0.1) is 0 Å². The van der Waals surface area contributed by atoms with E-state index in [4.69, 9.17) is 32.7 Å². The van der Waals surface area contributed by atoms with Crippen LogP contribution in [0.25, 0.3) is 0 Å². The fraction of sp³-hybridized carbons (Fsp3) is 0.571. The number of rotatable bonds is 4. The molecule has 1 N–H and O–H groups in total. The van der Waals surface area contributed by atoms with Gasteiger partial charge in [-0.05, 0) is 24.6 Å². The minimum atomic E-state index is -0.730. The summed E-state index contributed by atoms with van der Waals surface area (Å²) in [5.74, 6) is 0. The van der Waals surface area contributed by atoms with Crippen molar-refractivity contribution in [2.45, 2.75) is 31.5 Å². The summed E-state index contributed by atoms with van der Waals surface area (Å²) in [6.45, 7) is 3.67. The second-order valence-electron chi connectivity index (χ2n) is 4.69. The highest BCUT2D eigenvalue weighted by Crippen LogP contribution is 2.39. The van der Waals surface area contributed by atoms with Gasteiger partial charge < -0.3 is 14.6 Å². The second kappa shape index (κ2) is 6.42. The quantitative estimate of drug-likeness (QED) is 0.923. The third-order valence-electron chi connectivity index (χ3n) is 3.53. The fourth-order valence-electron chi connectivity index (χ4n) is 2.49. The van der Waals surface area contributed by atoms with Gasteiger partial charge in [0.05, 0.1) is 10.0 Å². The lowest BCUT2D eigenvalue weighted by Gasteiger charge is -2.40. The normalized spacial score (nSPS) is 20.2. The maximum atomic E-state index is 10.7. The summed E-state index contributed by atoms with van der Waals surface area (Å²) in [7, 11) is 0. The van der Waals surface area contributed by atoms with Gasteiger partial charge in [0.25, 0.3) is 0 Å². The van der Waals surface area contributed by atoms with Crippen molar-refractivity contribution in [2.24, 2.45) is 0 Å². The van der Waals surface area contributed by atoms with Crippen molar-refractivity contribution in [2.75, 3.05) is 19.8 Å². The van der Waals surface area contributed by atoms with Gasteiger partial charge in [-0.2, -0.15) is 0 Å². The molecule has 0 spiro atoms. The van der Waals surface area contributed by atoms with Gasteiger partial charge in [0.1, 0.15) is 11.7 Å². The van der Waals surface area contributed by atoms with Gasteiger partial charge in [0.2, 0.25) is 0 Å². The molecule has 1 aliphatic rings. The van der Waals surface area contributed by atoms with Crippen LogP contribution in [0.2, 0.25) is 10.0 Å². The molecule has 1 unspecified atom stereocenters. The lowest BCUT2D eigenvalue weighted by molar-refractivity contribution is -0.168. The molecular weight excluding hydrogens is 287 g/mol. The van der Waals surface area contributed by atoms with Crippen LogP contribution in [0.15, 0.2) is 18.2 Å². The van der Waals surface area contributed by atoms with Gasteiger partial charge in [0, 0.05) is 32.7 Å². The third-order valence-corrected chi connectivity index (χ3v) is 4.27. The van der Waals surface area contributed by atoms with E-state index < -0.39 is 11.7 Å². The highest BCUT2D eigenvalue weighted by atomic mass is 35.5. The zero-order chi connectivity index (χ0) is 13.9. The first kappa shape index (κ1) is 15.1. The minimum Gasteiger partial charge on any atom is -0.385 e. The van der Waals surface area contributed by atoms with Crippen LogP contribution in [0.5, 0.6) is 0 Å². The number of hydrogen-bond acceptors (Lipinski definition) is 3. The maximum absolute atomic E-state index is 10.7. The van der Waals surface area contributed by atoms with E-state index in [1.54, 1.807) is 18.2 Å². The van der Waals surface area contributed by atoms with Gasteiger partial charge in [-0.3, -0.25) is 0 Å². The maximum Gasteiger partial charge on any atom is 0.108 e. The molecular formula is C14H18Cl2O3. The fourth-order valence-corrected chi connectivity index (χ4v) is 2.79. The number of ether oxygens (including phenoxy) is 2. The highest BCUT2D eigenvalue weighted by molar-refractivity contribution is 6.42. The average molecular weight is 305 g/mol. The summed E-state index contributed by atoms with van der Waals surface area (Å²) < 4.78 is 11.2. The van der Waals surface area contributed by atoms with Gasteiger partial charge in [-0.25, -0.2) is 0 Å². The van der Waals surface area contributed by atoms with E-state index in [0.29, 0.717) is 42.7 Å². The van der Waals surface area contributed by atoms with Crippen molar-refractivity contribution >= 4 is 23.2 Å². The molecule has 19 heavy (non-hydrogen) atoms. The molecule has 1 atom stereocenters. The molecule has 0 aliphatic carbocycles. The van der Waals surface area contributed by atoms with E-state index in [0.717, 1.165) is 5.56 Å². The van der Waals surface area contributed by atoms with Crippen molar-refractivity contribution in [3.05, 3.63) is 33.8 Å². The molecule has 2 rings (SSSR count). The molecule has 0 radical (unpaired) electrons. The topological polar surface area (TPSA) is 38.7 Å². The highest BCUT2D eigenvalue weighted by Gasteiger charge is 2.41. The van der Waals surface area contributed by atoms with Gasteiger partial charge in [0.15, 0.2) is 0 Å². The van der Waals surface area contributed by atoms with E-state index in [1.165, 1.54) is 0 Å². The molecule has 1 fully saturated rings. The molecule has 0 saturated carbocycles. The minimum absolute atomic E-state index is 0.442. The van der Waals surface area contributed by atoms with Crippen LogP contribution in [0, 0.1) is 0 Å². The molecule has 106 valence electrons. The van der Waals surface area contributed by atoms with Crippen molar-refractivity contribution in [1.29, 1.82) is 0 Å². The Balaban J connectivity index is 2.27. The Morgan fingerprint density at radius 2 is 2.00 bits per heavy atom. The third kappa shape index (κ3) is 3.23. The number of halogens is 2. The van der Waals surface area contributed by atoms with Crippen molar-refractivity contribution in [3.8, 4) is 0 Å². The standard InChI is InChI=1S/C14H18Cl2O3/c1-2-19-14(5-7-18-8-6-14)13(17)10-3-4-11(15)12(16)9-10/h3-4,9,13,17H,2,5-8H2,1H3. The molecule has 3 nitrogen and oxygen atoms in total. The molecule has 1 heterocycles. The van der Waals surface area contributed by atoms with Gasteiger partial charge >= 0.3 is 0 Å². The number of aliphatic hydroxyl groups excluding tert-OH is 1. The summed E-state index contributed by atoms with van der Waals surface area (Å²) in [5.41, 5.74) is 0.134. The zero-order valence-electron chi connectivity index (χ0n) is 10.9. The molecule has 5 heteroatoms. The molecule has 1 saturated heterocycles. The monoisotopic (exact) mass is 304 g/mol. The first-order valence-electron chi connectivity index (χ1n) is 6.44. The van der Waals surface area contributed by atoms with Crippen molar-refractivity contribution in [3.63, 3.8) is 0 Å². The molecule has 0 amide bonds. The number of hydrogen-bond donors (Lipinski definition) is 1. The summed E-state index contributed by atoms with van der Waals surface area (Å²) in [4.78, 5) is 0. The Morgan fingerprint density at radius 3 is 2.58 bits per heavy atom. The van der Waals surface area contributed by atoms with E-state index in [-0.39, 0.29) is 0 Å². The molecule has 1 aromatic rings. The van der Waals surface area contributed by atoms with Crippen molar-refractivity contribution < 1.29 is 14.6 Å². The predicted molar refractivity (Wildman–Crippen MR) is 75.8 cm³/mol. The van der Waals surface area contributed by atoms with E-state index in [2.05, 4.69) is 0 Å². The number of aliphatic hydroxyl groups is 1. The molecule has 0 aromatic heterocycles.